The summed E-state index contributed by atoms with van der Waals surface area (Å²) in [5, 5.41) is 0.836. The Labute approximate surface area is 139 Å². The van der Waals surface area contributed by atoms with Gasteiger partial charge in [0.2, 0.25) is 0 Å². The highest BCUT2D eigenvalue weighted by molar-refractivity contribution is 7.17. The molecule has 0 bridgehead atoms. The number of carbonyl (C=O) groups is 1. The third kappa shape index (κ3) is 3.14. The lowest BCUT2D eigenvalue weighted by molar-refractivity contribution is 0.102. The van der Waals surface area contributed by atoms with E-state index < -0.39 is 0 Å². The summed E-state index contributed by atoms with van der Waals surface area (Å²) in [5.41, 5.74) is 3.76. The topological polar surface area (TPSA) is 46.1 Å². The largest absolute Gasteiger partial charge is 0.378 e. The predicted molar refractivity (Wildman–Crippen MR) is 95.1 cm³/mol. The molecular weight excluding hydrogens is 306 g/mol. The van der Waals surface area contributed by atoms with Crippen molar-refractivity contribution >= 4 is 22.8 Å². The molecule has 0 aliphatic heterocycles. The Hall–Kier alpha value is -2.53. The molecule has 2 heterocycles. The Morgan fingerprint density at radius 3 is 2.48 bits per heavy atom. The molecule has 23 heavy (non-hydrogen) atoms. The van der Waals surface area contributed by atoms with Crippen molar-refractivity contribution in [3.63, 3.8) is 0 Å². The van der Waals surface area contributed by atoms with Crippen LogP contribution in [0.1, 0.15) is 16.6 Å². The average Bonchev–Trinajstić information content (AvgIpc) is 3.01. The molecule has 0 aliphatic carbocycles. The summed E-state index contributed by atoms with van der Waals surface area (Å²) in [6, 6.07) is 11.9. The van der Waals surface area contributed by atoms with E-state index in [4.69, 9.17) is 4.98 Å². The highest BCUT2D eigenvalue weighted by atomic mass is 32.1. The Morgan fingerprint density at radius 2 is 1.83 bits per heavy atom. The van der Waals surface area contributed by atoms with Crippen LogP contribution in [0.25, 0.3) is 21.8 Å². The maximum Gasteiger partial charge on any atom is 0.172 e. The summed E-state index contributed by atoms with van der Waals surface area (Å²) in [5.74, 6) is 0.0352. The van der Waals surface area contributed by atoms with Crippen molar-refractivity contribution in [1.29, 1.82) is 0 Å². The molecule has 116 valence electrons. The zero-order valence-corrected chi connectivity index (χ0v) is 14.1. The molecule has 0 aliphatic rings. The maximum absolute atomic E-state index is 12.1. The van der Waals surface area contributed by atoms with Crippen molar-refractivity contribution in [2.45, 2.75) is 6.92 Å². The van der Waals surface area contributed by atoms with E-state index in [1.165, 1.54) is 11.3 Å². The van der Waals surface area contributed by atoms with E-state index in [9.17, 15) is 4.79 Å². The molecule has 0 saturated heterocycles. The Bertz CT molecular complexity index is 840. The molecule has 5 heteroatoms. The molecule has 0 amide bonds. The summed E-state index contributed by atoms with van der Waals surface area (Å²) in [6.07, 6.45) is 3.47. The van der Waals surface area contributed by atoms with Gasteiger partial charge in [-0.15, -0.1) is 11.3 Å². The zero-order valence-electron chi connectivity index (χ0n) is 13.3. The number of ketones is 1. The Morgan fingerprint density at radius 1 is 1.09 bits per heavy atom. The third-order valence-corrected chi connectivity index (χ3v) is 4.72. The minimum absolute atomic E-state index is 0.0352. The fourth-order valence-corrected chi connectivity index (χ4v) is 3.29. The van der Waals surface area contributed by atoms with Crippen LogP contribution in [-0.2, 0) is 0 Å². The summed E-state index contributed by atoms with van der Waals surface area (Å²) in [7, 11) is 3.99. The molecule has 0 radical (unpaired) electrons. The van der Waals surface area contributed by atoms with Gasteiger partial charge in [-0.25, -0.2) is 4.98 Å². The normalized spacial score (nSPS) is 10.6. The molecule has 2 aromatic heterocycles. The van der Waals surface area contributed by atoms with Gasteiger partial charge in [-0.1, -0.05) is 12.1 Å². The SMILES string of the molecule is CC(=O)c1sc(-c2ccncc2)nc1-c1cccc(N(C)C)c1. The Balaban J connectivity index is 2.13. The number of hydrogen-bond acceptors (Lipinski definition) is 5. The van der Waals surface area contributed by atoms with Crippen LogP contribution in [0.5, 0.6) is 0 Å². The van der Waals surface area contributed by atoms with Crippen LogP contribution in [0.4, 0.5) is 5.69 Å². The number of aromatic nitrogens is 2. The molecular formula is C18H17N3OS. The van der Waals surface area contributed by atoms with E-state index >= 15 is 0 Å². The van der Waals surface area contributed by atoms with Gasteiger partial charge in [0.1, 0.15) is 5.01 Å². The van der Waals surface area contributed by atoms with Gasteiger partial charge in [0, 0.05) is 50.2 Å². The molecule has 0 N–H and O–H groups in total. The van der Waals surface area contributed by atoms with Gasteiger partial charge in [0.25, 0.3) is 0 Å². The number of pyridine rings is 1. The van der Waals surface area contributed by atoms with Crippen molar-refractivity contribution in [3.8, 4) is 21.8 Å². The van der Waals surface area contributed by atoms with Crippen LogP contribution in [-0.4, -0.2) is 29.8 Å². The van der Waals surface area contributed by atoms with Gasteiger partial charge in [-0.05, 0) is 24.3 Å². The third-order valence-electron chi connectivity index (χ3n) is 3.51. The molecule has 3 aromatic rings. The zero-order chi connectivity index (χ0) is 16.4. The first-order valence-electron chi connectivity index (χ1n) is 7.26. The van der Waals surface area contributed by atoms with Crippen molar-refractivity contribution < 1.29 is 4.79 Å². The molecule has 0 spiro atoms. The summed E-state index contributed by atoms with van der Waals surface area (Å²) >= 11 is 1.43. The van der Waals surface area contributed by atoms with Crippen molar-refractivity contribution in [1.82, 2.24) is 9.97 Å². The quantitative estimate of drug-likeness (QED) is 0.677. The van der Waals surface area contributed by atoms with Crippen LogP contribution in [0.2, 0.25) is 0 Å². The predicted octanol–water partition coefficient (Wildman–Crippen LogP) is 4.14. The van der Waals surface area contributed by atoms with E-state index in [2.05, 4.69) is 11.1 Å². The molecule has 4 nitrogen and oxygen atoms in total. The van der Waals surface area contributed by atoms with Crippen molar-refractivity contribution in [2.75, 3.05) is 19.0 Å². The second-order valence-electron chi connectivity index (χ2n) is 5.43. The molecule has 0 atom stereocenters. The van der Waals surface area contributed by atoms with Crippen LogP contribution in [0, 0.1) is 0 Å². The summed E-state index contributed by atoms with van der Waals surface area (Å²) in [4.78, 5) is 23.5. The van der Waals surface area contributed by atoms with Crippen molar-refractivity contribution in [3.05, 3.63) is 53.7 Å². The number of thiazole rings is 1. The number of anilines is 1. The fraction of sp³-hybridized carbons (Fsp3) is 0.167. The lowest BCUT2D eigenvalue weighted by Crippen LogP contribution is -2.08. The highest BCUT2D eigenvalue weighted by Gasteiger charge is 2.18. The van der Waals surface area contributed by atoms with E-state index in [0.717, 1.165) is 27.5 Å². The standard InChI is InChI=1S/C18H17N3OS/c1-12(22)17-16(14-5-4-6-15(11-14)21(2)3)20-18(23-17)13-7-9-19-10-8-13/h4-11H,1-3H3. The smallest absolute Gasteiger partial charge is 0.172 e. The monoisotopic (exact) mass is 323 g/mol. The minimum atomic E-state index is 0.0352. The molecule has 0 saturated carbocycles. The first-order chi connectivity index (χ1) is 11.1. The molecule has 1 aromatic carbocycles. The minimum Gasteiger partial charge on any atom is -0.378 e. The second kappa shape index (κ2) is 6.30. The summed E-state index contributed by atoms with van der Waals surface area (Å²) in [6.45, 7) is 1.59. The molecule has 0 fully saturated rings. The highest BCUT2D eigenvalue weighted by Crippen LogP contribution is 2.35. The molecule has 3 rings (SSSR count). The summed E-state index contributed by atoms with van der Waals surface area (Å²) < 4.78 is 0. The number of benzene rings is 1. The van der Waals surface area contributed by atoms with E-state index in [0.29, 0.717) is 4.88 Å². The van der Waals surface area contributed by atoms with E-state index in [-0.39, 0.29) is 5.78 Å². The van der Waals surface area contributed by atoms with Gasteiger partial charge in [-0.2, -0.15) is 0 Å². The van der Waals surface area contributed by atoms with Gasteiger partial charge >= 0.3 is 0 Å². The number of rotatable bonds is 4. The Kier molecular flexibility index (Phi) is 4.21. The molecule has 0 unspecified atom stereocenters. The lowest BCUT2D eigenvalue weighted by Gasteiger charge is -2.13. The van der Waals surface area contributed by atoms with Crippen LogP contribution in [0.3, 0.4) is 0 Å². The lowest BCUT2D eigenvalue weighted by atomic mass is 10.1. The average molecular weight is 323 g/mol. The van der Waals surface area contributed by atoms with Gasteiger partial charge in [0.15, 0.2) is 5.78 Å². The number of hydrogen-bond donors (Lipinski definition) is 0. The van der Waals surface area contributed by atoms with Crippen LogP contribution in [0.15, 0.2) is 48.8 Å². The van der Waals surface area contributed by atoms with E-state index in [1.54, 1.807) is 19.3 Å². The van der Waals surface area contributed by atoms with Crippen molar-refractivity contribution in [2.24, 2.45) is 0 Å². The van der Waals surface area contributed by atoms with Crippen LogP contribution < -0.4 is 4.90 Å². The number of carbonyl (C=O) groups excluding carboxylic acids is 1. The van der Waals surface area contributed by atoms with Crippen LogP contribution >= 0.6 is 11.3 Å². The van der Waals surface area contributed by atoms with E-state index in [1.807, 2.05) is 49.3 Å². The number of nitrogens with zero attached hydrogens (tertiary/aromatic N) is 3. The fourth-order valence-electron chi connectivity index (χ4n) is 2.30. The maximum atomic E-state index is 12.1. The number of Topliss-reactive ketones (excluding diaryl/α,β-unsaturated/α-hetero) is 1. The first kappa shape index (κ1) is 15.4. The van der Waals surface area contributed by atoms with Gasteiger partial charge in [-0.3, -0.25) is 9.78 Å². The van der Waals surface area contributed by atoms with Gasteiger partial charge in [0.05, 0.1) is 10.6 Å². The second-order valence-corrected chi connectivity index (χ2v) is 6.43. The van der Waals surface area contributed by atoms with Gasteiger partial charge < -0.3 is 4.90 Å². The first-order valence-corrected chi connectivity index (χ1v) is 8.08.